The number of benzene rings is 3. The van der Waals surface area contributed by atoms with Crippen molar-refractivity contribution in [3.63, 3.8) is 0 Å². The Morgan fingerprint density at radius 2 is 1.60 bits per heavy atom. The van der Waals surface area contributed by atoms with Crippen LogP contribution in [0.4, 0.5) is 5.69 Å². The number of carbonyl (C=O) groups is 3. The Hall–Kier alpha value is -3.93. The molecule has 0 spiro atoms. The average Bonchev–Trinajstić information content (AvgIpc) is 3.38. The first-order valence-electron chi connectivity index (χ1n) is 12.2. The van der Waals surface area contributed by atoms with E-state index < -0.39 is 6.04 Å². The average molecular weight is 468 g/mol. The van der Waals surface area contributed by atoms with Gasteiger partial charge in [0.25, 0.3) is 11.8 Å². The topological polar surface area (TPSA) is 69.7 Å². The second kappa shape index (κ2) is 9.74. The highest BCUT2D eigenvalue weighted by Crippen LogP contribution is 2.33. The number of nitrogens with one attached hydrogen (secondary N) is 1. The molecule has 0 aliphatic carbocycles. The summed E-state index contributed by atoms with van der Waals surface area (Å²) in [4.78, 5) is 42.6. The second-order valence-corrected chi connectivity index (χ2v) is 9.15. The minimum Gasteiger partial charge on any atom is -0.348 e. The van der Waals surface area contributed by atoms with Gasteiger partial charge in [-0.1, -0.05) is 55.5 Å². The van der Waals surface area contributed by atoms with Crippen molar-refractivity contribution in [1.29, 1.82) is 0 Å². The number of hydrogen-bond donors (Lipinski definition) is 1. The van der Waals surface area contributed by atoms with Gasteiger partial charge in [-0.05, 0) is 60.2 Å². The summed E-state index contributed by atoms with van der Waals surface area (Å²) in [6, 6.07) is 22.5. The summed E-state index contributed by atoms with van der Waals surface area (Å²) >= 11 is 0. The molecule has 2 aliphatic heterocycles. The van der Waals surface area contributed by atoms with Gasteiger partial charge in [0.1, 0.15) is 6.04 Å². The summed E-state index contributed by atoms with van der Waals surface area (Å²) in [5.74, 6) is -0.258. The number of hydrogen-bond acceptors (Lipinski definition) is 3. The summed E-state index contributed by atoms with van der Waals surface area (Å²) in [6.45, 7) is 3.55. The van der Waals surface area contributed by atoms with E-state index in [9.17, 15) is 14.4 Å². The molecule has 6 heteroatoms. The van der Waals surface area contributed by atoms with Gasteiger partial charge in [-0.15, -0.1) is 0 Å². The summed E-state index contributed by atoms with van der Waals surface area (Å²) in [6.07, 6.45) is 2.52. The van der Waals surface area contributed by atoms with E-state index >= 15 is 0 Å². The van der Waals surface area contributed by atoms with Crippen molar-refractivity contribution in [3.8, 4) is 0 Å². The Morgan fingerprint density at radius 1 is 0.914 bits per heavy atom. The lowest BCUT2D eigenvalue weighted by atomic mass is 10.1. The van der Waals surface area contributed by atoms with E-state index in [1.165, 1.54) is 5.56 Å². The van der Waals surface area contributed by atoms with Crippen molar-refractivity contribution in [1.82, 2.24) is 10.2 Å². The molecule has 0 bridgehead atoms. The molecule has 3 aromatic rings. The fourth-order valence-corrected chi connectivity index (χ4v) is 4.89. The number of para-hydroxylation sites is 1. The predicted molar refractivity (Wildman–Crippen MR) is 135 cm³/mol. The lowest BCUT2D eigenvalue weighted by molar-refractivity contribution is -0.122. The smallest absolute Gasteiger partial charge is 0.256 e. The van der Waals surface area contributed by atoms with Crippen LogP contribution in [-0.4, -0.2) is 35.2 Å². The molecule has 2 aliphatic rings. The van der Waals surface area contributed by atoms with E-state index in [0.717, 1.165) is 24.0 Å². The molecule has 1 N–H and O–H groups in total. The van der Waals surface area contributed by atoms with E-state index in [1.807, 2.05) is 42.5 Å². The van der Waals surface area contributed by atoms with Crippen LogP contribution in [0, 0.1) is 0 Å². The first-order chi connectivity index (χ1) is 17.0. The van der Waals surface area contributed by atoms with Gasteiger partial charge in [0, 0.05) is 18.7 Å². The molecule has 1 atom stereocenters. The molecule has 35 heavy (non-hydrogen) atoms. The maximum atomic E-state index is 13.4. The normalized spacial score (nSPS) is 17.1. The van der Waals surface area contributed by atoms with Gasteiger partial charge in [0.2, 0.25) is 5.91 Å². The lowest BCUT2D eigenvalue weighted by Gasteiger charge is -2.26. The molecule has 3 aromatic carbocycles. The van der Waals surface area contributed by atoms with E-state index in [2.05, 4.69) is 24.4 Å². The largest absolute Gasteiger partial charge is 0.348 e. The molecule has 0 radical (unpaired) electrons. The number of amides is 3. The van der Waals surface area contributed by atoms with Crippen molar-refractivity contribution in [2.45, 2.75) is 45.3 Å². The monoisotopic (exact) mass is 467 g/mol. The third-order valence-corrected chi connectivity index (χ3v) is 6.93. The van der Waals surface area contributed by atoms with Gasteiger partial charge in [0.15, 0.2) is 0 Å². The summed E-state index contributed by atoms with van der Waals surface area (Å²) < 4.78 is 0. The highest BCUT2D eigenvalue weighted by molar-refractivity contribution is 6.11. The quantitative estimate of drug-likeness (QED) is 0.587. The number of carbonyl (C=O) groups excluding carboxylic acids is 3. The molecule has 2 heterocycles. The number of anilines is 1. The minimum absolute atomic E-state index is 0.0447. The van der Waals surface area contributed by atoms with E-state index in [-0.39, 0.29) is 17.7 Å². The molecule has 3 amide bonds. The van der Waals surface area contributed by atoms with E-state index in [1.54, 1.807) is 28.0 Å². The molecule has 0 aromatic heterocycles. The minimum atomic E-state index is -0.411. The van der Waals surface area contributed by atoms with Crippen molar-refractivity contribution in [2.75, 3.05) is 11.4 Å². The van der Waals surface area contributed by atoms with Crippen molar-refractivity contribution < 1.29 is 14.4 Å². The zero-order chi connectivity index (χ0) is 24.4. The van der Waals surface area contributed by atoms with E-state index in [0.29, 0.717) is 42.9 Å². The van der Waals surface area contributed by atoms with Crippen LogP contribution in [0.1, 0.15) is 57.2 Å². The van der Waals surface area contributed by atoms with Crippen LogP contribution >= 0.6 is 0 Å². The first kappa shape index (κ1) is 22.8. The first-order valence-corrected chi connectivity index (χ1v) is 12.2. The van der Waals surface area contributed by atoms with Crippen molar-refractivity contribution in [3.05, 3.63) is 101 Å². The van der Waals surface area contributed by atoms with Gasteiger partial charge in [-0.2, -0.15) is 0 Å². The van der Waals surface area contributed by atoms with Crippen LogP contribution in [-0.2, 0) is 24.3 Å². The highest BCUT2D eigenvalue weighted by Gasteiger charge is 2.41. The van der Waals surface area contributed by atoms with Gasteiger partial charge in [0.05, 0.1) is 17.8 Å². The third kappa shape index (κ3) is 4.56. The predicted octanol–water partition coefficient (Wildman–Crippen LogP) is 4.33. The maximum Gasteiger partial charge on any atom is 0.256 e. The number of aryl methyl sites for hydroxylation is 1. The number of nitrogens with zero attached hydrogens (tertiary/aromatic N) is 2. The fourth-order valence-electron chi connectivity index (χ4n) is 4.89. The molecule has 1 saturated heterocycles. The molecule has 6 nitrogen and oxygen atoms in total. The maximum absolute atomic E-state index is 13.4. The molecule has 178 valence electrons. The SMILES string of the molecule is CCc1ccc(CNC(=O)c2ccc(CN3C(=O)C4CCCN4C(=O)c4ccccc43)cc2)cc1. The van der Waals surface area contributed by atoms with Crippen LogP contribution in [0.25, 0.3) is 0 Å². The van der Waals surface area contributed by atoms with Crippen molar-refractivity contribution in [2.24, 2.45) is 0 Å². The van der Waals surface area contributed by atoms with Crippen LogP contribution in [0.3, 0.4) is 0 Å². The van der Waals surface area contributed by atoms with E-state index in [4.69, 9.17) is 0 Å². The zero-order valence-electron chi connectivity index (χ0n) is 19.9. The van der Waals surface area contributed by atoms with Crippen LogP contribution in [0.15, 0.2) is 72.8 Å². The van der Waals surface area contributed by atoms with Crippen LogP contribution in [0.2, 0.25) is 0 Å². The molecule has 1 unspecified atom stereocenters. The third-order valence-electron chi connectivity index (χ3n) is 6.93. The number of rotatable bonds is 6. The van der Waals surface area contributed by atoms with Gasteiger partial charge < -0.3 is 15.1 Å². The Morgan fingerprint density at radius 3 is 2.34 bits per heavy atom. The van der Waals surface area contributed by atoms with Gasteiger partial charge in [-0.3, -0.25) is 14.4 Å². The fraction of sp³-hybridized carbons (Fsp3) is 0.276. The molecular formula is C29H29N3O3. The molecule has 5 rings (SSSR count). The number of fused-ring (bicyclic) bond motifs is 2. The van der Waals surface area contributed by atoms with Crippen LogP contribution in [0.5, 0.6) is 0 Å². The Bertz CT molecular complexity index is 1250. The zero-order valence-corrected chi connectivity index (χ0v) is 19.9. The Balaban J connectivity index is 1.30. The lowest BCUT2D eigenvalue weighted by Crippen LogP contribution is -2.44. The standard InChI is InChI=1S/C29H29N3O3/c1-2-20-9-11-21(12-10-20)18-30-27(33)23-15-13-22(14-16-23)19-32-25-7-4-3-6-24(25)28(34)31-17-5-8-26(31)29(32)35/h3-4,6-7,9-16,26H,2,5,8,17-19H2,1H3,(H,30,33). The second-order valence-electron chi connectivity index (χ2n) is 9.15. The Kier molecular flexibility index (Phi) is 6.36. The van der Waals surface area contributed by atoms with Gasteiger partial charge >= 0.3 is 0 Å². The molecule has 1 fully saturated rings. The molecule has 0 saturated carbocycles. The summed E-state index contributed by atoms with van der Waals surface area (Å²) in [5, 5.41) is 2.97. The summed E-state index contributed by atoms with van der Waals surface area (Å²) in [5.41, 5.74) is 5.01. The van der Waals surface area contributed by atoms with Crippen molar-refractivity contribution >= 4 is 23.4 Å². The van der Waals surface area contributed by atoms with Gasteiger partial charge in [-0.25, -0.2) is 0 Å². The molecular weight excluding hydrogens is 438 g/mol. The highest BCUT2D eigenvalue weighted by atomic mass is 16.2. The Labute approximate surface area is 205 Å². The van der Waals surface area contributed by atoms with Crippen LogP contribution < -0.4 is 10.2 Å². The summed E-state index contributed by atoms with van der Waals surface area (Å²) in [7, 11) is 0.